The van der Waals surface area contributed by atoms with E-state index >= 15 is 0 Å². The molecule has 0 saturated carbocycles. The Kier molecular flexibility index (Phi) is 4.15. The molecular formula is C17H18F3N3. The second-order valence-electron chi connectivity index (χ2n) is 5.73. The molecule has 1 aromatic heterocycles. The molecule has 2 aromatic rings. The number of halogens is 3. The number of pyridine rings is 1. The minimum Gasteiger partial charge on any atom is -0.384 e. The molecule has 3 nitrogen and oxygen atoms in total. The molecule has 0 radical (unpaired) electrons. The maximum atomic E-state index is 13.2. The zero-order valence-corrected chi connectivity index (χ0v) is 12.6. The summed E-state index contributed by atoms with van der Waals surface area (Å²) in [4.78, 5) is 6.28. The van der Waals surface area contributed by atoms with Crippen LogP contribution in [-0.4, -0.2) is 18.1 Å². The van der Waals surface area contributed by atoms with E-state index in [4.69, 9.17) is 5.73 Å². The molecule has 23 heavy (non-hydrogen) atoms. The molecule has 2 heterocycles. The van der Waals surface area contributed by atoms with Crippen molar-refractivity contribution in [3.8, 4) is 11.3 Å². The third-order valence-electron chi connectivity index (χ3n) is 4.06. The summed E-state index contributed by atoms with van der Waals surface area (Å²) in [6, 6.07) is 8.89. The van der Waals surface area contributed by atoms with Gasteiger partial charge in [-0.2, -0.15) is 13.2 Å². The second-order valence-corrected chi connectivity index (χ2v) is 5.73. The molecule has 3 rings (SSSR count). The largest absolute Gasteiger partial charge is 0.417 e. The van der Waals surface area contributed by atoms with Gasteiger partial charge in [-0.25, -0.2) is 4.98 Å². The van der Waals surface area contributed by atoms with Gasteiger partial charge >= 0.3 is 6.18 Å². The van der Waals surface area contributed by atoms with Gasteiger partial charge < -0.3 is 10.6 Å². The minimum atomic E-state index is -4.42. The van der Waals surface area contributed by atoms with Crippen molar-refractivity contribution in [1.82, 2.24) is 4.98 Å². The quantitative estimate of drug-likeness (QED) is 0.894. The lowest BCUT2D eigenvalue weighted by Crippen LogP contribution is -2.29. The Morgan fingerprint density at radius 2 is 1.70 bits per heavy atom. The summed E-state index contributed by atoms with van der Waals surface area (Å²) < 4.78 is 39.7. The molecule has 1 aliphatic rings. The number of piperidine rings is 1. The van der Waals surface area contributed by atoms with Crippen LogP contribution in [0, 0.1) is 0 Å². The summed E-state index contributed by atoms with van der Waals surface area (Å²) in [7, 11) is 0. The first-order valence-corrected chi connectivity index (χ1v) is 7.64. The number of alkyl halides is 3. The number of rotatable bonds is 2. The van der Waals surface area contributed by atoms with Crippen molar-refractivity contribution in [2.45, 2.75) is 25.4 Å². The number of nitrogens with two attached hydrogens (primary N) is 1. The third kappa shape index (κ3) is 3.41. The number of benzene rings is 1. The van der Waals surface area contributed by atoms with Crippen LogP contribution in [0.2, 0.25) is 0 Å². The lowest BCUT2D eigenvalue weighted by molar-refractivity contribution is -0.137. The highest BCUT2D eigenvalue weighted by Crippen LogP contribution is 2.37. The van der Waals surface area contributed by atoms with Gasteiger partial charge in [0.1, 0.15) is 5.82 Å². The van der Waals surface area contributed by atoms with Crippen molar-refractivity contribution >= 4 is 11.5 Å². The number of hydrogen-bond acceptors (Lipinski definition) is 3. The number of nitrogen functional groups attached to an aromatic ring is 1. The van der Waals surface area contributed by atoms with Crippen LogP contribution < -0.4 is 10.6 Å². The zero-order chi connectivity index (χ0) is 16.4. The molecule has 1 saturated heterocycles. The van der Waals surface area contributed by atoms with Crippen molar-refractivity contribution in [3.05, 3.63) is 42.0 Å². The van der Waals surface area contributed by atoms with E-state index in [0.29, 0.717) is 0 Å². The van der Waals surface area contributed by atoms with E-state index in [1.807, 2.05) is 0 Å². The normalized spacial score (nSPS) is 15.7. The highest BCUT2D eigenvalue weighted by Gasteiger charge is 2.33. The summed E-state index contributed by atoms with van der Waals surface area (Å²) >= 11 is 0. The lowest BCUT2D eigenvalue weighted by Gasteiger charge is -2.29. The van der Waals surface area contributed by atoms with Gasteiger partial charge in [0.05, 0.1) is 11.3 Å². The molecule has 1 aliphatic heterocycles. The summed E-state index contributed by atoms with van der Waals surface area (Å²) in [5.74, 6) is 0.236. The van der Waals surface area contributed by atoms with E-state index in [1.165, 1.54) is 18.6 Å². The molecule has 1 aromatic carbocycles. The van der Waals surface area contributed by atoms with Gasteiger partial charge in [0.15, 0.2) is 0 Å². The van der Waals surface area contributed by atoms with Gasteiger partial charge in [-0.05, 0) is 31.4 Å². The molecule has 0 bridgehead atoms. The van der Waals surface area contributed by atoms with E-state index < -0.39 is 11.7 Å². The summed E-state index contributed by atoms with van der Waals surface area (Å²) in [5.41, 5.74) is 6.31. The standard InChI is InChI=1S/C17H18F3N3/c18-17(19,20)14-7-3-2-6-13(14)15-10-12(11-16(21)22-15)23-8-4-1-5-9-23/h2-3,6-7,10-11H,1,4-5,8-9H2,(H2,21,22). The van der Waals surface area contributed by atoms with Crippen LogP contribution in [0.25, 0.3) is 11.3 Å². The molecule has 0 amide bonds. The van der Waals surface area contributed by atoms with Crippen LogP contribution >= 0.6 is 0 Å². The molecule has 0 atom stereocenters. The van der Waals surface area contributed by atoms with Gasteiger partial charge in [-0.1, -0.05) is 18.2 Å². The zero-order valence-electron chi connectivity index (χ0n) is 12.6. The van der Waals surface area contributed by atoms with Gasteiger partial charge in [0, 0.05) is 30.4 Å². The fourth-order valence-electron chi connectivity index (χ4n) is 2.96. The number of hydrogen-bond donors (Lipinski definition) is 1. The monoisotopic (exact) mass is 321 g/mol. The summed E-state index contributed by atoms with van der Waals surface area (Å²) in [6.07, 6.45) is -1.08. The Balaban J connectivity index is 2.05. The van der Waals surface area contributed by atoms with Crippen LogP contribution in [0.4, 0.5) is 24.7 Å². The average molecular weight is 321 g/mol. The fourth-order valence-corrected chi connectivity index (χ4v) is 2.96. The van der Waals surface area contributed by atoms with E-state index in [1.54, 1.807) is 18.2 Å². The Morgan fingerprint density at radius 1 is 1.00 bits per heavy atom. The van der Waals surface area contributed by atoms with Crippen molar-refractivity contribution in [1.29, 1.82) is 0 Å². The predicted octanol–water partition coefficient (Wildman–Crippen LogP) is 4.34. The first-order valence-electron chi connectivity index (χ1n) is 7.64. The van der Waals surface area contributed by atoms with Crippen LogP contribution in [0.1, 0.15) is 24.8 Å². The Hall–Kier alpha value is -2.24. The maximum Gasteiger partial charge on any atom is 0.417 e. The number of aromatic nitrogens is 1. The summed E-state index contributed by atoms with van der Waals surface area (Å²) in [5, 5.41) is 0. The van der Waals surface area contributed by atoms with E-state index in [0.717, 1.165) is 37.7 Å². The highest BCUT2D eigenvalue weighted by molar-refractivity contribution is 5.71. The van der Waals surface area contributed by atoms with Crippen molar-refractivity contribution < 1.29 is 13.2 Å². The molecule has 0 aliphatic carbocycles. The van der Waals surface area contributed by atoms with Crippen molar-refractivity contribution in [2.24, 2.45) is 0 Å². The maximum absolute atomic E-state index is 13.2. The van der Waals surface area contributed by atoms with Crippen LogP contribution in [0.5, 0.6) is 0 Å². The first kappa shape index (κ1) is 15.6. The lowest BCUT2D eigenvalue weighted by atomic mass is 10.0. The topological polar surface area (TPSA) is 42.1 Å². The highest BCUT2D eigenvalue weighted by atomic mass is 19.4. The smallest absolute Gasteiger partial charge is 0.384 e. The fraction of sp³-hybridized carbons (Fsp3) is 0.353. The Labute approximate surface area is 132 Å². The molecular weight excluding hydrogens is 303 g/mol. The number of nitrogens with zero attached hydrogens (tertiary/aromatic N) is 2. The van der Waals surface area contributed by atoms with Gasteiger partial charge in [-0.15, -0.1) is 0 Å². The van der Waals surface area contributed by atoms with Gasteiger partial charge in [0.25, 0.3) is 0 Å². The van der Waals surface area contributed by atoms with Crippen LogP contribution in [-0.2, 0) is 6.18 Å². The predicted molar refractivity (Wildman–Crippen MR) is 85.2 cm³/mol. The molecule has 0 spiro atoms. The van der Waals surface area contributed by atoms with Crippen LogP contribution in [0.15, 0.2) is 36.4 Å². The summed E-state index contributed by atoms with van der Waals surface area (Å²) in [6.45, 7) is 1.79. The molecule has 1 fully saturated rings. The molecule has 122 valence electrons. The first-order chi connectivity index (χ1) is 10.9. The third-order valence-corrected chi connectivity index (χ3v) is 4.06. The average Bonchev–Trinajstić information content (AvgIpc) is 2.54. The van der Waals surface area contributed by atoms with Gasteiger partial charge in [-0.3, -0.25) is 0 Å². The molecule has 0 unspecified atom stereocenters. The van der Waals surface area contributed by atoms with E-state index in [2.05, 4.69) is 9.88 Å². The van der Waals surface area contributed by atoms with Crippen LogP contribution in [0.3, 0.4) is 0 Å². The second kappa shape index (κ2) is 6.10. The van der Waals surface area contributed by atoms with E-state index in [9.17, 15) is 13.2 Å². The molecule has 6 heteroatoms. The number of anilines is 2. The van der Waals surface area contributed by atoms with E-state index in [-0.39, 0.29) is 17.1 Å². The minimum absolute atomic E-state index is 0.0607. The molecule has 2 N–H and O–H groups in total. The van der Waals surface area contributed by atoms with Crippen molar-refractivity contribution in [3.63, 3.8) is 0 Å². The van der Waals surface area contributed by atoms with Gasteiger partial charge in [0.2, 0.25) is 0 Å². The SMILES string of the molecule is Nc1cc(N2CCCCC2)cc(-c2ccccc2C(F)(F)F)n1. The Morgan fingerprint density at radius 3 is 2.39 bits per heavy atom. The van der Waals surface area contributed by atoms with Crippen molar-refractivity contribution in [2.75, 3.05) is 23.7 Å². The Bertz CT molecular complexity index is 692.